The van der Waals surface area contributed by atoms with Gasteiger partial charge in [0.05, 0.1) is 43.5 Å². The first-order valence-electron chi connectivity index (χ1n) is 14.5. The summed E-state index contributed by atoms with van der Waals surface area (Å²) in [6.07, 6.45) is -9.66. The van der Waals surface area contributed by atoms with Crippen LogP contribution in [0.15, 0.2) is 78.9 Å². The van der Waals surface area contributed by atoms with Crippen LogP contribution in [-0.2, 0) is 35.0 Å². The molecule has 0 fully saturated rings. The predicted octanol–water partition coefficient (Wildman–Crippen LogP) is 6.98. The predicted molar refractivity (Wildman–Crippen MR) is 159 cm³/mol. The Bertz CT molecular complexity index is 1720. The molecule has 1 N–H and O–H groups in total. The van der Waals surface area contributed by atoms with E-state index in [4.69, 9.17) is 4.74 Å². The average Bonchev–Trinajstić information content (AvgIpc) is 3.59. The summed E-state index contributed by atoms with van der Waals surface area (Å²) in [7, 11) is 1.22. The molecule has 1 aliphatic heterocycles. The van der Waals surface area contributed by atoms with Gasteiger partial charge in [-0.3, -0.25) is 4.79 Å². The Balaban J connectivity index is 1.49. The molecule has 1 amide bonds. The molecule has 4 aromatic rings. The van der Waals surface area contributed by atoms with Crippen molar-refractivity contribution in [3.8, 4) is 0 Å². The molecule has 2 atom stereocenters. The summed E-state index contributed by atoms with van der Waals surface area (Å²) in [6.45, 7) is 1.43. The monoisotopic (exact) mass is 660 g/mol. The highest BCUT2D eigenvalue weighted by Crippen LogP contribution is 2.42. The van der Waals surface area contributed by atoms with Gasteiger partial charge in [-0.05, 0) is 47.9 Å². The van der Waals surface area contributed by atoms with Gasteiger partial charge in [-0.1, -0.05) is 54.6 Å². The lowest BCUT2D eigenvalue weighted by Crippen LogP contribution is -2.31. The number of halogens is 6. The fourth-order valence-electron chi connectivity index (χ4n) is 5.40. The highest BCUT2D eigenvalue weighted by atomic mass is 19.4. The zero-order chi connectivity index (χ0) is 33.9. The zero-order valence-corrected chi connectivity index (χ0v) is 25.2. The van der Waals surface area contributed by atoms with Gasteiger partial charge >= 0.3 is 18.3 Å². The van der Waals surface area contributed by atoms with Crippen molar-refractivity contribution in [1.82, 2.24) is 15.1 Å². The molecule has 0 radical (unpaired) electrons. The summed E-state index contributed by atoms with van der Waals surface area (Å²) in [5, 5.41) is 6.42. The summed E-state index contributed by atoms with van der Waals surface area (Å²) in [5.41, 5.74) is -1.35. The smallest absolute Gasteiger partial charge is 0.436 e. The van der Waals surface area contributed by atoms with Gasteiger partial charge in [-0.25, -0.2) is 9.48 Å². The summed E-state index contributed by atoms with van der Waals surface area (Å²) in [6, 6.07) is 18.0. The summed E-state index contributed by atoms with van der Waals surface area (Å²) >= 11 is 0. The van der Waals surface area contributed by atoms with E-state index in [0.717, 1.165) is 22.4 Å². The first-order chi connectivity index (χ1) is 22.3. The molecule has 248 valence electrons. The van der Waals surface area contributed by atoms with Gasteiger partial charge in [0.15, 0.2) is 5.69 Å². The molecule has 0 bridgehead atoms. The lowest BCUT2D eigenvalue weighted by atomic mass is 10.1. The maximum absolute atomic E-state index is 14.4. The minimum Gasteiger partial charge on any atom is -0.465 e. The van der Waals surface area contributed by atoms with Crippen LogP contribution in [0.4, 0.5) is 32.2 Å². The van der Waals surface area contributed by atoms with Crippen molar-refractivity contribution in [1.29, 1.82) is 0 Å². The molecule has 0 spiro atoms. The standard InChI is InChI=1S/C33H30F6N4O4/c1-20(23-11-13-24(14-12-23)31(45)46-2)40-29(44)27-28(33(37,38)39)41-43-26(19-47-18-21-7-4-3-5-8-21)17-42(30(27)43)16-22-9-6-10-25(15-22)32(34,35)36/h3-15,20,26H,16-19H2,1-2H3,(H,40,44). The Morgan fingerprint density at radius 3 is 2.26 bits per heavy atom. The fourth-order valence-corrected chi connectivity index (χ4v) is 5.40. The number of benzene rings is 3. The quantitative estimate of drug-likeness (QED) is 0.146. The van der Waals surface area contributed by atoms with E-state index in [1.54, 1.807) is 6.92 Å². The van der Waals surface area contributed by atoms with E-state index in [1.807, 2.05) is 30.3 Å². The Hall–Kier alpha value is -4.85. The number of nitrogens with zero attached hydrogens (tertiary/aromatic N) is 3. The van der Waals surface area contributed by atoms with Gasteiger partial charge in [0.2, 0.25) is 0 Å². The van der Waals surface area contributed by atoms with Crippen molar-refractivity contribution in [3.63, 3.8) is 0 Å². The zero-order valence-electron chi connectivity index (χ0n) is 25.2. The molecule has 3 aromatic carbocycles. The molecule has 0 saturated heterocycles. The van der Waals surface area contributed by atoms with Gasteiger partial charge in [0, 0.05) is 13.1 Å². The number of aromatic nitrogens is 2. The van der Waals surface area contributed by atoms with Crippen LogP contribution in [0.2, 0.25) is 0 Å². The number of anilines is 1. The number of rotatable bonds is 10. The topological polar surface area (TPSA) is 85.7 Å². The van der Waals surface area contributed by atoms with Crippen LogP contribution in [0.25, 0.3) is 0 Å². The van der Waals surface area contributed by atoms with Crippen molar-refractivity contribution < 1.29 is 45.4 Å². The summed E-state index contributed by atoms with van der Waals surface area (Å²) < 4.78 is 95.3. The second-order valence-electron chi connectivity index (χ2n) is 11.0. The number of nitrogens with one attached hydrogen (secondary N) is 1. The number of methoxy groups -OCH3 is 1. The average molecular weight is 661 g/mol. The third-order valence-electron chi connectivity index (χ3n) is 7.69. The molecular weight excluding hydrogens is 630 g/mol. The second-order valence-corrected chi connectivity index (χ2v) is 11.0. The fraction of sp³-hybridized carbons (Fsp3) is 0.303. The maximum atomic E-state index is 14.4. The number of carbonyl (C=O) groups excluding carboxylic acids is 2. The van der Waals surface area contributed by atoms with Crippen LogP contribution < -0.4 is 10.2 Å². The number of amides is 1. The van der Waals surface area contributed by atoms with Crippen LogP contribution >= 0.6 is 0 Å². The van der Waals surface area contributed by atoms with Crippen LogP contribution in [-0.4, -0.2) is 41.9 Å². The maximum Gasteiger partial charge on any atom is 0.436 e. The second kappa shape index (κ2) is 13.5. The van der Waals surface area contributed by atoms with Gasteiger partial charge < -0.3 is 19.7 Å². The summed E-state index contributed by atoms with van der Waals surface area (Å²) in [5.74, 6) is -1.85. The largest absolute Gasteiger partial charge is 0.465 e. The van der Waals surface area contributed by atoms with Crippen LogP contribution in [0.1, 0.15) is 67.7 Å². The normalized spacial score (nSPS) is 15.3. The van der Waals surface area contributed by atoms with E-state index in [-0.39, 0.29) is 43.2 Å². The van der Waals surface area contributed by atoms with Crippen LogP contribution in [0.3, 0.4) is 0 Å². The molecule has 0 aliphatic carbocycles. The van der Waals surface area contributed by atoms with Crippen molar-refractivity contribution in [2.24, 2.45) is 0 Å². The molecule has 1 aliphatic rings. The van der Waals surface area contributed by atoms with Gasteiger partial charge in [0.25, 0.3) is 5.91 Å². The SMILES string of the molecule is COC(=O)c1ccc(C(C)NC(=O)c2c(C(F)(F)F)nn3c2N(Cc2cccc(C(F)(F)F)c2)CC3COCc2ccccc2)cc1. The number of fused-ring (bicyclic) bond motifs is 1. The van der Waals surface area contributed by atoms with E-state index in [1.165, 1.54) is 48.4 Å². The van der Waals surface area contributed by atoms with Crippen molar-refractivity contribution in [3.05, 3.63) is 118 Å². The lowest BCUT2D eigenvalue weighted by Gasteiger charge is -2.22. The number of carbonyl (C=O) groups is 2. The Morgan fingerprint density at radius 2 is 1.62 bits per heavy atom. The molecule has 2 unspecified atom stereocenters. The third-order valence-corrected chi connectivity index (χ3v) is 7.69. The first kappa shape index (κ1) is 33.5. The molecular formula is C33H30F6N4O4. The van der Waals surface area contributed by atoms with Crippen LogP contribution in [0, 0.1) is 0 Å². The Kier molecular flexibility index (Phi) is 9.61. The highest BCUT2D eigenvalue weighted by Gasteiger charge is 2.46. The molecule has 14 heteroatoms. The van der Waals surface area contributed by atoms with Gasteiger partial charge in [-0.15, -0.1) is 0 Å². The summed E-state index contributed by atoms with van der Waals surface area (Å²) in [4.78, 5) is 26.9. The van der Waals surface area contributed by atoms with E-state index in [2.05, 4.69) is 15.2 Å². The molecule has 2 heterocycles. The first-order valence-corrected chi connectivity index (χ1v) is 14.5. The third kappa shape index (κ3) is 7.59. The molecule has 8 nitrogen and oxygen atoms in total. The lowest BCUT2D eigenvalue weighted by molar-refractivity contribution is -0.142. The molecule has 1 aromatic heterocycles. The number of hydrogen-bond acceptors (Lipinski definition) is 6. The van der Waals surface area contributed by atoms with Gasteiger partial charge in [-0.2, -0.15) is 31.4 Å². The van der Waals surface area contributed by atoms with Crippen molar-refractivity contribution in [2.45, 2.75) is 44.5 Å². The molecule has 47 heavy (non-hydrogen) atoms. The minimum atomic E-state index is -5.03. The Morgan fingerprint density at radius 1 is 0.936 bits per heavy atom. The number of ether oxygens (including phenoxy) is 2. The van der Waals surface area contributed by atoms with E-state index in [0.29, 0.717) is 5.56 Å². The number of esters is 1. The van der Waals surface area contributed by atoms with Crippen molar-refractivity contribution >= 4 is 17.7 Å². The van der Waals surface area contributed by atoms with Crippen molar-refractivity contribution in [2.75, 3.05) is 25.2 Å². The van der Waals surface area contributed by atoms with E-state index >= 15 is 0 Å². The van der Waals surface area contributed by atoms with E-state index in [9.17, 15) is 35.9 Å². The minimum absolute atomic E-state index is 0.0241. The number of alkyl halides is 6. The van der Waals surface area contributed by atoms with E-state index < -0.39 is 53.1 Å². The molecule has 0 saturated carbocycles. The van der Waals surface area contributed by atoms with Gasteiger partial charge in [0.1, 0.15) is 11.4 Å². The number of hydrogen-bond donors (Lipinski definition) is 1. The molecule has 5 rings (SSSR count). The Labute approximate surface area is 265 Å². The van der Waals surface area contributed by atoms with Crippen LogP contribution in [0.5, 0.6) is 0 Å². The highest BCUT2D eigenvalue weighted by molar-refractivity contribution is 6.01.